The molecule has 28 heavy (non-hydrogen) atoms. The number of nitrogens with one attached hydrogen (secondary N) is 2. The number of anilines is 1. The third kappa shape index (κ3) is 4.59. The quantitative estimate of drug-likeness (QED) is 0.734. The Morgan fingerprint density at radius 1 is 1.14 bits per heavy atom. The number of carbonyl (C=O) groups excluding carboxylic acids is 2. The summed E-state index contributed by atoms with van der Waals surface area (Å²) in [5, 5.41) is 9.77. The van der Waals surface area contributed by atoms with E-state index in [1.165, 1.54) is 0 Å². The molecule has 1 aromatic carbocycles. The summed E-state index contributed by atoms with van der Waals surface area (Å²) in [6.45, 7) is 5.33. The van der Waals surface area contributed by atoms with E-state index < -0.39 is 0 Å². The van der Waals surface area contributed by atoms with Gasteiger partial charge in [0.25, 0.3) is 5.91 Å². The number of aryl methyl sites for hydroxylation is 2. The number of nitrogens with zero attached hydrogens (tertiary/aromatic N) is 1. The fourth-order valence-electron chi connectivity index (χ4n) is 3.60. The average Bonchev–Trinajstić information content (AvgIpc) is 3.02. The van der Waals surface area contributed by atoms with Crippen LogP contribution in [-0.2, 0) is 4.79 Å². The molecule has 1 unspecified atom stereocenters. The maximum atomic E-state index is 12.6. The number of nitrogens with two attached hydrogens (primary N) is 1. The summed E-state index contributed by atoms with van der Waals surface area (Å²) in [7, 11) is 0. The minimum atomic E-state index is -0.261. The number of hydrogen-bond donors (Lipinski definition) is 3. The summed E-state index contributed by atoms with van der Waals surface area (Å²) >= 11 is 0. The third-order valence-electron chi connectivity index (χ3n) is 5.44. The van der Waals surface area contributed by atoms with E-state index in [-0.39, 0.29) is 29.8 Å². The Morgan fingerprint density at radius 3 is 2.36 bits per heavy atom. The fourth-order valence-corrected chi connectivity index (χ4v) is 3.60. The first-order valence-electron chi connectivity index (χ1n) is 9.75. The van der Waals surface area contributed by atoms with Crippen molar-refractivity contribution in [2.24, 2.45) is 5.73 Å². The molecule has 2 aromatic rings. The molecule has 0 bridgehead atoms. The SMILES string of the molecule is Cc1noc(C)c1C(=O)Nc1ccc(C(C)C(=O)NC2CCC(N)CC2)cc1. The molecule has 1 aliphatic rings. The summed E-state index contributed by atoms with van der Waals surface area (Å²) in [5.74, 6) is -0.0122. The molecule has 1 aliphatic carbocycles. The monoisotopic (exact) mass is 384 g/mol. The molecule has 1 saturated carbocycles. The van der Waals surface area contributed by atoms with Crippen LogP contribution in [0, 0.1) is 13.8 Å². The van der Waals surface area contributed by atoms with Crippen LogP contribution in [0.3, 0.4) is 0 Å². The molecule has 1 fully saturated rings. The van der Waals surface area contributed by atoms with E-state index in [0.29, 0.717) is 22.7 Å². The van der Waals surface area contributed by atoms with Gasteiger partial charge in [-0.15, -0.1) is 0 Å². The van der Waals surface area contributed by atoms with Gasteiger partial charge in [-0.3, -0.25) is 9.59 Å². The summed E-state index contributed by atoms with van der Waals surface area (Å²) in [5.41, 5.74) is 8.49. The maximum Gasteiger partial charge on any atom is 0.261 e. The zero-order chi connectivity index (χ0) is 20.3. The number of rotatable bonds is 5. The van der Waals surface area contributed by atoms with Gasteiger partial charge in [-0.25, -0.2) is 0 Å². The Hall–Kier alpha value is -2.67. The lowest BCUT2D eigenvalue weighted by Gasteiger charge is -2.28. The lowest BCUT2D eigenvalue weighted by Crippen LogP contribution is -2.42. The normalized spacial score (nSPS) is 20.4. The van der Waals surface area contributed by atoms with Gasteiger partial charge in [-0.05, 0) is 64.2 Å². The summed E-state index contributed by atoms with van der Waals surface area (Å²) in [6, 6.07) is 7.81. The summed E-state index contributed by atoms with van der Waals surface area (Å²) in [6.07, 6.45) is 3.79. The molecule has 1 aromatic heterocycles. The molecule has 1 atom stereocenters. The molecular weight excluding hydrogens is 356 g/mol. The Labute approximate surface area is 165 Å². The van der Waals surface area contributed by atoms with Crippen LogP contribution in [0.2, 0.25) is 0 Å². The highest BCUT2D eigenvalue weighted by Crippen LogP contribution is 2.22. The molecule has 7 nitrogen and oxygen atoms in total. The second-order valence-corrected chi connectivity index (χ2v) is 7.62. The van der Waals surface area contributed by atoms with Gasteiger partial charge in [-0.1, -0.05) is 17.3 Å². The Morgan fingerprint density at radius 2 is 1.79 bits per heavy atom. The van der Waals surface area contributed by atoms with E-state index in [2.05, 4.69) is 15.8 Å². The van der Waals surface area contributed by atoms with Crippen molar-refractivity contribution in [1.82, 2.24) is 10.5 Å². The van der Waals surface area contributed by atoms with E-state index in [1.807, 2.05) is 19.1 Å². The topological polar surface area (TPSA) is 110 Å². The van der Waals surface area contributed by atoms with Crippen molar-refractivity contribution >= 4 is 17.5 Å². The minimum Gasteiger partial charge on any atom is -0.361 e. The van der Waals surface area contributed by atoms with Crippen LogP contribution in [0.15, 0.2) is 28.8 Å². The van der Waals surface area contributed by atoms with Crippen LogP contribution in [0.1, 0.15) is 65.9 Å². The first kappa shape index (κ1) is 20.1. The lowest BCUT2D eigenvalue weighted by molar-refractivity contribution is -0.123. The first-order chi connectivity index (χ1) is 13.3. The van der Waals surface area contributed by atoms with Crippen LogP contribution < -0.4 is 16.4 Å². The van der Waals surface area contributed by atoms with Crippen molar-refractivity contribution in [3.8, 4) is 0 Å². The van der Waals surface area contributed by atoms with Crippen molar-refractivity contribution in [2.75, 3.05) is 5.32 Å². The first-order valence-corrected chi connectivity index (χ1v) is 9.75. The number of benzene rings is 1. The van der Waals surface area contributed by atoms with Crippen LogP contribution in [0.25, 0.3) is 0 Å². The molecule has 7 heteroatoms. The van der Waals surface area contributed by atoms with E-state index >= 15 is 0 Å². The van der Waals surface area contributed by atoms with Crippen molar-refractivity contribution in [3.05, 3.63) is 46.8 Å². The fraction of sp³-hybridized carbons (Fsp3) is 0.476. The minimum absolute atomic E-state index is 0.0213. The van der Waals surface area contributed by atoms with Gasteiger partial charge < -0.3 is 20.9 Å². The van der Waals surface area contributed by atoms with Crippen molar-refractivity contribution in [2.45, 2.75) is 64.5 Å². The standard InChI is InChI=1S/C21H28N4O3/c1-12(20(26)23-18-10-6-16(22)7-11-18)15-4-8-17(9-5-15)24-21(27)19-13(2)25-28-14(19)3/h4-5,8-9,12,16,18H,6-7,10-11,22H2,1-3H3,(H,23,26)(H,24,27). The predicted molar refractivity (Wildman–Crippen MR) is 107 cm³/mol. The number of aromatic nitrogens is 1. The van der Waals surface area contributed by atoms with Crippen molar-refractivity contribution in [3.63, 3.8) is 0 Å². The second-order valence-electron chi connectivity index (χ2n) is 7.62. The van der Waals surface area contributed by atoms with Gasteiger partial charge in [0.1, 0.15) is 11.3 Å². The summed E-state index contributed by atoms with van der Waals surface area (Å²) in [4.78, 5) is 25.0. The average molecular weight is 384 g/mol. The van der Waals surface area contributed by atoms with E-state index in [9.17, 15) is 9.59 Å². The second kappa shape index (κ2) is 8.56. The van der Waals surface area contributed by atoms with Gasteiger partial charge in [0.2, 0.25) is 5.91 Å². The highest BCUT2D eigenvalue weighted by atomic mass is 16.5. The van der Waals surface area contributed by atoms with Crippen LogP contribution in [0.5, 0.6) is 0 Å². The van der Waals surface area contributed by atoms with Gasteiger partial charge in [-0.2, -0.15) is 0 Å². The highest BCUT2D eigenvalue weighted by molar-refractivity contribution is 6.05. The summed E-state index contributed by atoms with van der Waals surface area (Å²) < 4.78 is 5.04. The highest BCUT2D eigenvalue weighted by Gasteiger charge is 2.23. The maximum absolute atomic E-state index is 12.6. The zero-order valence-corrected chi connectivity index (χ0v) is 16.6. The molecule has 0 radical (unpaired) electrons. The molecular formula is C21H28N4O3. The van der Waals surface area contributed by atoms with E-state index in [4.69, 9.17) is 10.3 Å². The zero-order valence-electron chi connectivity index (χ0n) is 16.6. The van der Waals surface area contributed by atoms with Gasteiger partial charge >= 0.3 is 0 Å². The van der Waals surface area contributed by atoms with Crippen LogP contribution in [0.4, 0.5) is 5.69 Å². The molecule has 150 valence electrons. The van der Waals surface area contributed by atoms with Crippen molar-refractivity contribution < 1.29 is 14.1 Å². The van der Waals surface area contributed by atoms with E-state index in [1.54, 1.807) is 26.0 Å². The van der Waals surface area contributed by atoms with Crippen molar-refractivity contribution in [1.29, 1.82) is 0 Å². The van der Waals surface area contributed by atoms with Crippen LogP contribution >= 0.6 is 0 Å². The van der Waals surface area contributed by atoms with Gasteiger partial charge in [0.05, 0.1) is 11.6 Å². The Bertz CT molecular complexity index is 816. The molecule has 0 spiro atoms. The van der Waals surface area contributed by atoms with E-state index in [0.717, 1.165) is 31.2 Å². The molecule has 3 rings (SSSR count). The smallest absolute Gasteiger partial charge is 0.261 e. The number of carbonyl (C=O) groups is 2. The lowest BCUT2D eigenvalue weighted by atomic mass is 9.91. The molecule has 4 N–H and O–H groups in total. The van der Waals surface area contributed by atoms with Gasteiger partial charge in [0, 0.05) is 17.8 Å². The molecule has 0 aliphatic heterocycles. The molecule has 0 saturated heterocycles. The Balaban J connectivity index is 1.58. The molecule has 1 heterocycles. The Kier molecular flexibility index (Phi) is 6.14. The predicted octanol–water partition coefficient (Wildman–Crippen LogP) is 3.03. The largest absolute Gasteiger partial charge is 0.361 e. The number of amides is 2. The van der Waals surface area contributed by atoms with Gasteiger partial charge in [0.15, 0.2) is 0 Å². The van der Waals surface area contributed by atoms with Crippen LogP contribution in [-0.4, -0.2) is 29.1 Å². The number of hydrogen-bond acceptors (Lipinski definition) is 5. The third-order valence-corrected chi connectivity index (χ3v) is 5.44. The molecule has 2 amide bonds.